The maximum absolute atomic E-state index is 3.50. The van der Waals surface area contributed by atoms with Gasteiger partial charge in [0.15, 0.2) is 0 Å². The zero-order valence-corrected chi connectivity index (χ0v) is 9.08. The van der Waals surface area contributed by atoms with E-state index in [0.717, 1.165) is 0 Å². The van der Waals surface area contributed by atoms with Gasteiger partial charge in [0.2, 0.25) is 0 Å². The predicted octanol–water partition coefficient (Wildman–Crippen LogP) is 1.88. The summed E-state index contributed by atoms with van der Waals surface area (Å²) >= 11 is 0. The predicted molar refractivity (Wildman–Crippen MR) is 63.2 cm³/mol. The molecule has 1 spiro atoms. The third-order valence-electron chi connectivity index (χ3n) is 3.89. The van der Waals surface area contributed by atoms with E-state index < -0.39 is 0 Å². The van der Waals surface area contributed by atoms with E-state index in [9.17, 15) is 0 Å². The van der Waals surface area contributed by atoms with Crippen molar-refractivity contribution in [1.29, 1.82) is 0 Å². The summed E-state index contributed by atoms with van der Waals surface area (Å²) in [5.41, 5.74) is 1.97. The van der Waals surface area contributed by atoms with Crippen LogP contribution in [0.4, 0.5) is 5.69 Å². The molecule has 0 saturated carbocycles. The molecule has 15 heavy (non-hydrogen) atoms. The Morgan fingerprint density at radius 3 is 2.73 bits per heavy atom. The molecule has 1 unspecified atom stereocenters. The molecule has 0 aromatic heterocycles. The Hall–Kier alpha value is -1.02. The van der Waals surface area contributed by atoms with Gasteiger partial charge in [-0.15, -0.1) is 0 Å². The molecule has 2 heterocycles. The molecule has 0 amide bonds. The molecular weight excluding hydrogens is 184 g/mol. The van der Waals surface area contributed by atoms with E-state index in [1.807, 2.05) is 0 Å². The largest absolute Gasteiger partial charge is 0.371 e. The SMILES string of the molecule is c1ccc(N2CCC3(CCNC3)C2)cc1. The smallest absolute Gasteiger partial charge is 0.0366 e. The van der Waals surface area contributed by atoms with E-state index >= 15 is 0 Å². The van der Waals surface area contributed by atoms with Crippen molar-refractivity contribution in [2.45, 2.75) is 12.8 Å². The zero-order valence-electron chi connectivity index (χ0n) is 9.08. The summed E-state index contributed by atoms with van der Waals surface area (Å²) in [5, 5.41) is 3.50. The summed E-state index contributed by atoms with van der Waals surface area (Å²) in [5.74, 6) is 0. The molecule has 2 fully saturated rings. The average molecular weight is 202 g/mol. The summed E-state index contributed by atoms with van der Waals surface area (Å²) in [6.07, 6.45) is 2.71. The van der Waals surface area contributed by atoms with Crippen LogP contribution in [0.15, 0.2) is 30.3 Å². The number of para-hydroxylation sites is 1. The highest BCUT2D eigenvalue weighted by Gasteiger charge is 2.40. The molecule has 2 aliphatic rings. The first-order chi connectivity index (χ1) is 7.38. The molecule has 1 aromatic rings. The lowest BCUT2D eigenvalue weighted by molar-refractivity contribution is 0.369. The lowest BCUT2D eigenvalue weighted by atomic mass is 9.86. The molecule has 1 aromatic carbocycles. The first-order valence-electron chi connectivity index (χ1n) is 5.89. The van der Waals surface area contributed by atoms with Crippen LogP contribution in [0.1, 0.15) is 12.8 Å². The highest BCUT2D eigenvalue weighted by atomic mass is 15.2. The summed E-state index contributed by atoms with van der Waals surface area (Å²) in [6, 6.07) is 10.8. The number of hydrogen-bond donors (Lipinski definition) is 1. The van der Waals surface area contributed by atoms with Gasteiger partial charge in [0.25, 0.3) is 0 Å². The van der Waals surface area contributed by atoms with E-state index in [2.05, 4.69) is 40.5 Å². The fourth-order valence-electron chi connectivity index (χ4n) is 2.94. The van der Waals surface area contributed by atoms with E-state index in [4.69, 9.17) is 0 Å². The molecule has 3 rings (SSSR count). The van der Waals surface area contributed by atoms with E-state index in [0.29, 0.717) is 5.41 Å². The Balaban J connectivity index is 1.76. The number of nitrogens with zero attached hydrogens (tertiary/aromatic N) is 1. The molecule has 2 saturated heterocycles. The van der Waals surface area contributed by atoms with Gasteiger partial charge in [-0.2, -0.15) is 0 Å². The van der Waals surface area contributed by atoms with Crippen molar-refractivity contribution >= 4 is 5.69 Å². The van der Waals surface area contributed by atoms with Gasteiger partial charge in [-0.05, 0) is 31.5 Å². The van der Waals surface area contributed by atoms with Crippen LogP contribution in [0, 0.1) is 5.41 Å². The Kier molecular flexibility index (Phi) is 2.17. The van der Waals surface area contributed by atoms with Crippen LogP contribution in [0.3, 0.4) is 0 Å². The van der Waals surface area contributed by atoms with Gasteiger partial charge in [0, 0.05) is 30.7 Å². The third-order valence-corrected chi connectivity index (χ3v) is 3.89. The molecule has 2 aliphatic heterocycles. The summed E-state index contributed by atoms with van der Waals surface area (Å²) < 4.78 is 0. The highest BCUT2D eigenvalue weighted by Crippen LogP contribution is 2.37. The number of hydrogen-bond acceptors (Lipinski definition) is 2. The minimum atomic E-state index is 0.579. The normalized spacial score (nSPS) is 30.3. The van der Waals surface area contributed by atoms with Crippen molar-refractivity contribution in [2.24, 2.45) is 5.41 Å². The molecule has 1 N–H and O–H groups in total. The summed E-state index contributed by atoms with van der Waals surface area (Å²) in [4.78, 5) is 2.53. The monoisotopic (exact) mass is 202 g/mol. The van der Waals surface area contributed by atoms with Gasteiger partial charge < -0.3 is 10.2 Å². The fourth-order valence-corrected chi connectivity index (χ4v) is 2.94. The number of benzene rings is 1. The van der Waals surface area contributed by atoms with E-state index in [-0.39, 0.29) is 0 Å². The molecule has 2 heteroatoms. The topological polar surface area (TPSA) is 15.3 Å². The lowest BCUT2D eigenvalue weighted by Crippen LogP contribution is -2.28. The average Bonchev–Trinajstić information content (AvgIpc) is 2.91. The van der Waals surface area contributed by atoms with E-state index in [1.165, 1.54) is 44.7 Å². The molecular formula is C13H18N2. The fraction of sp³-hybridized carbons (Fsp3) is 0.538. The number of rotatable bonds is 1. The van der Waals surface area contributed by atoms with Crippen molar-refractivity contribution in [1.82, 2.24) is 5.32 Å². The van der Waals surface area contributed by atoms with Crippen molar-refractivity contribution in [3.05, 3.63) is 30.3 Å². The number of nitrogens with one attached hydrogen (secondary N) is 1. The second kappa shape index (κ2) is 3.53. The first kappa shape index (κ1) is 9.22. The Morgan fingerprint density at radius 2 is 2.00 bits per heavy atom. The van der Waals surface area contributed by atoms with Gasteiger partial charge in [-0.25, -0.2) is 0 Å². The third kappa shape index (κ3) is 1.63. The minimum Gasteiger partial charge on any atom is -0.371 e. The molecule has 0 bridgehead atoms. The van der Waals surface area contributed by atoms with Crippen molar-refractivity contribution in [2.75, 3.05) is 31.1 Å². The molecule has 80 valence electrons. The summed E-state index contributed by atoms with van der Waals surface area (Å²) in [7, 11) is 0. The Morgan fingerprint density at radius 1 is 1.13 bits per heavy atom. The van der Waals surface area contributed by atoms with Crippen molar-refractivity contribution < 1.29 is 0 Å². The number of anilines is 1. The molecule has 0 aliphatic carbocycles. The lowest BCUT2D eigenvalue weighted by Gasteiger charge is -2.23. The van der Waals surface area contributed by atoms with Gasteiger partial charge in [-0.1, -0.05) is 18.2 Å². The first-order valence-corrected chi connectivity index (χ1v) is 5.89. The van der Waals surface area contributed by atoms with Crippen LogP contribution < -0.4 is 10.2 Å². The molecule has 1 atom stereocenters. The molecule has 2 nitrogen and oxygen atoms in total. The van der Waals surface area contributed by atoms with Crippen LogP contribution >= 0.6 is 0 Å². The van der Waals surface area contributed by atoms with Crippen LogP contribution in [-0.4, -0.2) is 26.2 Å². The van der Waals surface area contributed by atoms with Crippen LogP contribution in [0.25, 0.3) is 0 Å². The second-order valence-corrected chi connectivity index (χ2v) is 4.93. The Labute approximate surface area is 91.3 Å². The van der Waals surface area contributed by atoms with Gasteiger partial charge in [-0.3, -0.25) is 0 Å². The van der Waals surface area contributed by atoms with E-state index in [1.54, 1.807) is 0 Å². The Bertz CT molecular complexity index is 328. The van der Waals surface area contributed by atoms with Gasteiger partial charge >= 0.3 is 0 Å². The van der Waals surface area contributed by atoms with Crippen molar-refractivity contribution in [3.8, 4) is 0 Å². The minimum absolute atomic E-state index is 0.579. The standard InChI is InChI=1S/C13H18N2/c1-2-4-12(5-3-1)15-9-7-13(11-15)6-8-14-10-13/h1-5,14H,6-11H2. The molecule has 0 radical (unpaired) electrons. The van der Waals surface area contributed by atoms with Crippen LogP contribution in [0.5, 0.6) is 0 Å². The summed E-state index contributed by atoms with van der Waals surface area (Å²) in [6.45, 7) is 4.90. The van der Waals surface area contributed by atoms with Gasteiger partial charge in [0.05, 0.1) is 0 Å². The van der Waals surface area contributed by atoms with Crippen LogP contribution in [-0.2, 0) is 0 Å². The maximum atomic E-state index is 3.50. The van der Waals surface area contributed by atoms with Gasteiger partial charge in [0.1, 0.15) is 0 Å². The second-order valence-electron chi connectivity index (χ2n) is 4.93. The van der Waals surface area contributed by atoms with Crippen LogP contribution in [0.2, 0.25) is 0 Å². The highest BCUT2D eigenvalue weighted by molar-refractivity contribution is 5.47. The van der Waals surface area contributed by atoms with Crippen molar-refractivity contribution in [3.63, 3.8) is 0 Å². The zero-order chi connectivity index (χ0) is 10.1. The quantitative estimate of drug-likeness (QED) is 0.748. The maximum Gasteiger partial charge on any atom is 0.0366 e.